The minimum atomic E-state index is -0.262. The summed E-state index contributed by atoms with van der Waals surface area (Å²) in [5, 5.41) is 3.00. The third-order valence-electron chi connectivity index (χ3n) is 3.02. The van der Waals surface area contributed by atoms with Gasteiger partial charge in [0.25, 0.3) is 0 Å². The van der Waals surface area contributed by atoms with E-state index in [0.29, 0.717) is 18.9 Å². The highest BCUT2D eigenvalue weighted by atomic mass is 19.1. The van der Waals surface area contributed by atoms with Gasteiger partial charge < -0.3 is 14.8 Å². The highest BCUT2D eigenvalue weighted by Crippen LogP contribution is 2.19. The van der Waals surface area contributed by atoms with Crippen LogP contribution in [0.3, 0.4) is 0 Å². The minimum Gasteiger partial charge on any atom is -0.491 e. The van der Waals surface area contributed by atoms with Gasteiger partial charge in [0, 0.05) is 19.2 Å². The molecule has 1 aromatic rings. The maximum Gasteiger partial charge on any atom is 0.127 e. The second kappa shape index (κ2) is 6.71. The molecule has 100 valence electrons. The Morgan fingerprint density at radius 3 is 3.00 bits per heavy atom. The predicted molar refractivity (Wildman–Crippen MR) is 68.2 cm³/mol. The molecule has 1 saturated heterocycles. The molecule has 1 atom stereocenters. The molecule has 4 heteroatoms. The fourth-order valence-electron chi connectivity index (χ4n) is 2.14. The van der Waals surface area contributed by atoms with Crippen LogP contribution in [0, 0.1) is 5.82 Å². The van der Waals surface area contributed by atoms with Crippen molar-refractivity contribution in [2.75, 3.05) is 20.3 Å². The standard InChI is InChI=1S/C14H20FNO2/c1-16-9-11-6-12(15)8-14(7-11)18-10-13-4-2-3-5-17-13/h6-8,13,16H,2-5,9-10H2,1H3. The molecule has 1 unspecified atom stereocenters. The van der Waals surface area contributed by atoms with E-state index in [2.05, 4.69) is 5.32 Å². The van der Waals surface area contributed by atoms with Gasteiger partial charge in [0.2, 0.25) is 0 Å². The van der Waals surface area contributed by atoms with Crippen LogP contribution >= 0.6 is 0 Å². The first kappa shape index (κ1) is 13.3. The van der Waals surface area contributed by atoms with E-state index in [1.54, 1.807) is 0 Å². The Labute approximate surface area is 107 Å². The lowest BCUT2D eigenvalue weighted by molar-refractivity contribution is -0.0111. The number of halogens is 1. The van der Waals surface area contributed by atoms with Crippen LogP contribution in [0.15, 0.2) is 18.2 Å². The van der Waals surface area contributed by atoms with E-state index >= 15 is 0 Å². The molecule has 1 aromatic carbocycles. The van der Waals surface area contributed by atoms with Crippen molar-refractivity contribution in [2.45, 2.75) is 31.9 Å². The first-order valence-corrected chi connectivity index (χ1v) is 6.46. The Morgan fingerprint density at radius 2 is 2.28 bits per heavy atom. The summed E-state index contributed by atoms with van der Waals surface area (Å²) in [6.07, 6.45) is 3.48. The third kappa shape index (κ3) is 3.96. The van der Waals surface area contributed by atoms with Crippen molar-refractivity contribution >= 4 is 0 Å². The molecule has 0 amide bonds. The molecule has 18 heavy (non-hydrogen) atoms. The van der Waals surface area contributed by atoms with E-state index in [1.807, 2.05) is 13.1 Å². The van der Waals surface area contributed by atoms with Crippen molar-refractivity contribution in [1.82, 2.24) is 5.32 Å². The van der Waals surface area contributed by atoms with E-state index in [4.69, 9.17) is 9.47 Å². The first-order chi connectivity index (χ1) is 8.78. The fraction of sp³-hybridized carbons (Fsp3) is 0.571. The number of ether oxygens (including phenoxy) is 2. The Kier molecular flexibility index (Phi) is 4.96. The van der Waals surface area contributed by atoms with Crippen LogP contribution in [0.2, 0.25) is 0 Å². The summed E-state index contributed by atoms with van der Waals surface area (Å²) >= 11 is 0. The molecule has 2 rings (SSSR count). The summed E-state index contributed by atoms with van der Waals surface area (Å²) in [4.78, 5) is 0. The van der Waals surface area contributed by atoms with E-state index in [9.17, 15) is 4.39 Å². The zero-order chi connectivity index (χ0) is 12.8. The normalized spacial score (nSPS) is 19.8. The highest BCUT2D eigenvalue weighted by Gasteiger charge is 2.14. The number of hydrogen-bond acceptors (Lipinski definition) is 3. The zero-order valence-corrected chi connectivity index (χ0v) is 10.7. The van der Waals surface area contributed by atoms with Crippen molar-refractivity contribution in [3.8, 4) is 5.75 Å². The summed E-state index contributed by atoms with van der Waals surface area (Å²) in [6, 6.07) is 4.80. The van der Waals surface area contributed by atoms with Gasteiger partial charge in [0.1, 0.15) is 18.2 Å². The predicted octanol–water partition coefficient (Wildman–Crippen LogP) is 2.49. The van der Waals surface area contributed by atoms with Gasteiger partial charge in [0.15, 0.2) is 0 Å². The number of rotatable bonds is 5. The Morgan fingerprint density at radius 1 is 1.39 bits per heavy atom. The molecule has 0 aliphatic carbocycles. The average Bonchev–Trinajstić information content (AvgIpc) is 2.37. The summed E-state index contributed by atoms with van der Waals surface area (Å²) < 4.78 is 24.6. The second-order valence-electron chi connectivity index (χ2n) is 4.63. The highest BCUT2D eigenvalue weighted by molar-refractivity contribution is 5.29. The lowest BCUT2D eigenvalue weighted by Crippen LogP contribution is -2.25. The van der Waals surface area contributed by atoms with Crippen LogP contribution in [0.4, 0.5) is 4.39 Å². The van der Waals surface area contributed by atoms with Crippen LogP contribution in [-0.2, 0) is 11.3 Å². The Balaban J connectivity index is 1.91. The lowest BCUT2D eigenvalue weighted by Gasteiger charge is -2.22. The summed E-state index contributed by atoms with van der Waals surface area (Å²) in [5.41, 5.74) is 0.886. The van der Waals surface area contributed by atoms with Crippen LogP contribution in [0.1, 0.15) is 24.8 Å². The molecule has 1 fully saturated rings. The van der Waals surface area contributed by atoms with Gasteiger partial charge >= 0.3 is 0 Å². The fourth-order valence-corrected chi connectivity index (χ4v) is 2.14. The third-order valence-corrected chi connectivity index (χ3v) is 3.02. The van der Waals surface area contributed by atoms with Gasteiger partial charge in [0.05, 0.1) is 6.10 Å². The number of hydrogen-bond donors (Lipinski definition) is 1. The molecular formula is C14H20FNO2. The second-order valence-corrected chi connectivity index (χ2v) is 4.63. The van der Waals surface area contributed by atoms with E-state index in [1.165, 1.54) is 18.6 Å². The summed E-state index contributed by atoms with van der Waals surface area (Å²) in [7, 11) is 1.83. The van der Waals surface area contributed by atoms with Crippen LogP contribution in [0.25, 0.3) is 0 Å². The van der Waals surface area contributed by atoms with E-state index < -0.39 is 0 Å². The maximum atomic E-state index is 13.4. The summed E-state index contributed by atoms with van der Waals surface area (Å²) in [5.74, 6) is 0.316. The minimum absolute atomic E-state index is 0.148. The molecule has 0 radical (unpaired) electrons. The van der Waals surface area contributed by atoms with E-state index in [0.717, 1.165) is 25.0 Å². The van der Waals surface area contributed by atoms with Gasteiger partial charge in [-0.3, -0.25) is 0 Å². The van der Waals surface area contributed by atoms with Crippen molar-refractivity contribution in [2.24, 2.45) is 0 Å². The Bertz CT molecular complexity index is 378. The maximum absolute atomic E-state index is 13.4. The molecule has 0 aromatic heterocycles. The smallest absolute Gasteiger partial charge is 0.127 e. The summed E-state index contributed by atoms with van der Waals surface area (Å²) in [6.45, 7) is 1.94. The number of nitrogens with one attached hydrogen (secondary N) is 1. The van der Waals surface area contributed by atoms with E-state index in [-0.39, 0.29) is 11.9 Å². The molecule has 1 aliphatic rings. The number of benzene rings is 1. The lowest BCUT2D eigenvalue weighted by atomic mass is 10.1. The quantitative estimate of drug-likeness (QED) is 0.874. The van der Waals surface area contributed by atoms with Crippen molar-refractivity contribution < 1.29 is 13.9 Å². The van der Waals surface area contributed by atoms with Gasteiger partial charge in [-0.15, -0.1) is 0 Å². The van der Waals surface area contributed by atoms with Gasteiger partial charge in [-0.1, -0.05) is 0 Å². The first-order valence-electron chi connectivity index (χ1n) is 6.46. The molecule has 0 spiro atoms. The zero-order valence-electron chi connectivity index (χ0n) is 10.7. The van der Waals surface area contributed by atoms with Crippen LogP contribution in [-0.4, -0.2) is 26.4 Å². The molecule has 0 bridgehead atoms. The molecule has 1 aliphatic heterocycles. The molecule has 3 nitrogen and oxygen atoms in total. The molecule has 0 saturated carbocycles. The van der Waals surface area contributed by atoms with Gasteiger partial charge in [-0.05, 0) is 44.0 Å². The molecule has 1 N–H and O–H groups in total. The van der Waals surface area contributed by atoms with Crippen LogP contribution < -0.4 is 10.1 Å². The van der Waals surface area contributed by atoms with Crippen molar-refractivity contribution in [1.29, 1.82) is 0 Å². The average molecular weight is 253 g/mol. The molecule has 1 heterocycles. The molecular weight excluding hydrogens is 233 g/mol. The monoisotopic (exact) mass is 253 g/mol. The van der Waals surface area contributed by atoms with Gasteiger partial charge in [-0.2, -0.15) is 0 Å². The van der Waals surface area contributed by atoms with Crippen molar-refractivity contribution in [3.05, 3.63) is 29.6 Å². The SMILES string of the molecule is CNCc1cc(F)cc(OCC2CCCCO2)c1. The van der Waals surface area contributed by atoms with Crippen molar-refractivity contribution in [3.63, 3.8) is 0 Å². The Hall–Kier alpha value is -1.13. The topological polar surface area (TPSA) is 30.5 Å². The van der Waals surface area contributed by atoms with Crippen LogP contribution in [0.5, 0.6) is 5.75 Å². The largest absolute Gasteiger partial charge is 0.491 e. The van der Waals surface area contributed by atoms with Gasteiger partial charge in [-0.25, -0.2) is 4.39 Å².